The van der Waals surface area contributed by atoms with Crippen molar-refractivity contribution < 1.29 is 5.11 Å². The predicted molar refractivity (Wildman–Crippen MR) is 52.3 cm³/mol. The van der Waals surface area contributed by atoms with Crippen molar-refractivity contribution in [2.75, 3.05) is 13.6 Å². The maximum absolute atomic E-state index is 10.0. The highest BCUT2D eigenvalue weighted by Crippen LogP contribution is 2.21. The summed E-state index contributed by atoms with van der Waals surface area (Å²) < 4.78 is 0. The number of aliphatic hydroxyl groups excluding tert-OH is 1. The molecule has 0 aliphatic carbocycles. The molecule has 13 heavy (non-hydrogen) atoms. The summed E-state index contributed by atoms with van der Waals surface area (Å²) in [5.41, 5.74) is 0. The first kappa shape index (κ1) is 10.1. The van der Waals surface area contributed by atoms with E-state index in [0.717, 1.165) is 4.88 Å². The van der Waals surface area contributed by atoms with Crippen molar-refractivity contribution in [2.24, 2.45) is 5.29 Å². The van der Waals surface area contributed by atoms with Crippen LogP contribution in [-0.2, 0) is 0 Å². The van der Waals surface area contributed by atoms with Crippen molar-refractivity contribution in [3.05, 3.63) is 27.3 Å². The normalized spacial score (nSPS) is 12.5. The molecule has 0 spiro atoms. The minimum Gasteiger partial charge on any atom is -0.388 e. The highest BCUT2D eigenvalue weighted by molar-refractivity contribution is 7.10. The van der Waals surface area contributed by atoms with Crippen LogP contribution >= 0.6 is 11.3 Å². The molecule has 0 saturated carbocycles. The van der Waals surface area contributed by atoms with Crippen LogP contribution in [0.1, 0.15) is 17.4 Å². The van der Waals surface area contributed by atoms with E-state index in [2.05, 4.69) is 5.29 Å². The smallest absolute Gasteiger partial charge is 0.0899 e. The van der Waals surface area contributed by atoms with E-state index in [9.17, 15) is 10.0 Å². The first-order valence-electron chi connectivity index (χ1n) is 4.00. The Morgan fingerprint density at radius 3 is 3.08 bits per heavy atom. The first-order chi connectivity index (χ1) is 6.24. The van der Waals surface area contributed by atoms with Gasteiger partial charge in [-0.25, -0.2) is 0 Å². The molecule has 4 nitrogen and oxygen atoms in total. The predicted octanol–water partition coefficient (Wildman–Crippen LogP) is 1.78. The summed E-state index contributed by atoms with van der Waals surface area (Å²) in [4.78, 5) is 10.9. The van der Waals surface area contributed by atoms with Crippen molar-refractivity contribution >= 4 is 11.3 Å². The third-order valence-electron chi connectivity index (χ3n) is 1.74. The van der Waals surface area contributed by atoms with Crippen LogP contribution in [-0.4, -0.2) is 23.7 Å². The SMILES string of the molecule is CN(CCC(O)c1cccs1)N=O. The molecule has 72 valence electrons. The molecular formula is C8H12N2O2S. The Morgan fingerprint density at radius 1 is 1.77 bits per heavy atom. The third-order valence-corrected chi connectivity index (χ3v) is 2.71. The molecule has 0 aliphatic rings. The van der Waals surface area contributed by atoms with E-state index < -0.39 is 6.10 Å². The first-order valence-corrected chi connectivity index (χ1v) is 4.88. The quantitative estimate of drug-likeness (QED) is 0.582. The highest BCUT2D eigenvalue weighted by Gasteiger charge is 2.08. The summed E-state index contributed by atoms with van der Waals surface area (Å²) in [7, 11) is 1.59. The van der Waals surface area contributed by atoms with Gasteiger partial charge in [-0.3, -0.25) is 5.01 Å². The molecule has 0 bridgehead atoms. The minimum absolute atomic E-state index is 0.475. The Hall–Kier alpha value is -0.940. The summed E-state index contributed by atoms with van der Waals surface area (Å²) >= 11 is 1.51. The fourth-order valence-corrected chi connectivity index (χ4v) is 1.72. The van der Waals surface area contributed by atoms with Crippen LogP contribution in [0.3, 0.4) is 0 Å². The maximum Gasteiger partial charge on any atom is 0.0899 e. The average molecular weight is 200 g/mol. The fourth-order valence-electron chi connectivity index (χ4n) is 0.973. The molecule has 0 saturated heterocycles. The van der Waals surface area contributed by atoms with Gasteiger partial charge in [0.25, 0.3) is 0 Å². The molecular weight excluding hydrogens is 188 g/mol. The average Bonchev–Trinajstić information content (AvgIpc) is 2.66. The van der Waals surface area contributed by atoms with Gasteiger partial charge in [0.2, 0.25) is 0 Å². The van der Waals surface area contributed by atoms with Crippen LogP contribution in [0.2, 0.25) is 0 Å². The molecule has 1 N–H and O–H groups in total. The van der Waals surface area contributed by atoms with Crippen LogP contribution in [0.25, 0.3) is 0 Å². The largest absolute Gasteiger partial charge is 0.388 e. The van der Waals surface area contributed by atoms with Gasteiger partial charge < -0.3 is 5.11 Å². The number of hydrogen-bond donors (Lipinski definition) is 1. The lowest BCUT2D eigenvalue weighted by Gasteiger charge is -2.11. The van der Waals surface area contributed by atoms with Crippen LogP contribution in [0, 0.1) is 4.91 Å². The summed E-state index contributed by atoms with van der Waals surface area (Å²) in [6, 6.07) is 3.77. The van der Waals surface area contributed by atoms with E-state index >= 15 is 0 Å². The van der Waals surface area contributed by atoms with E-state index in [1.54, 1.807) is 7.05 Å². The van der Waals surface area contributed by atoms with Gasteiger partial charge in [0.15, 0.2) is 0 Å². The van der Waals surface area contributed by atoms with E-state index in [1.165, 1.54) is 16.3 Å². The monoisotopic (exact) mass is 200 g/mol. The molecule has 1 unspecified atom stereocenters. The van der Waals surface area contributed by atoms with Crippen molar-refractivity contribution in [1.82, 2.24) is 5.01 Å². The topological polar surface area (TPSA) is 52.9 Å². The second-order valence-electron chi connectivity index (χ2n) is 2.78. The lowest BCUT2D eigenvalue weighted by atomic mass is 10.2. The van der Waals surface area contributed by atoms with Gasteiger partial charge in [0.05, 0.1) is 11.4 Å². The van der Waals surface area contributed by atoms with E-state index in [4.69, 9.17) is 0 Å². The summed E-state index contributed by atoms with van der Waals surface area (Å²) in [5, 5.41) is 15.5. The standard InChI is InChI=1S/C8H12N2O2S/c1-10(9-12)5-4-7(11)8-3-2-6-13-8/h2-3,6-7,11H,4-5H2,1H3. The Labute approximate surface area is 80.8 Å². The second kappa shape index (κ2) is 4.94. The molecule has 0 amide bonds. The number of nitroso groups, excluding NO2 is 1. The Kier molecular flexibility index (Phi) is 3.85. The fraction of sp³-hybridized carbons (Fsp3) is 0.500. The second-order valence-corrected chi connectivity index (χ2v) is 3.76. The van der Waals surface area contributed by atoms with E-state index in [0.29, 0.717) is 13.0 Å². The summed E-state index contributed by atoms with van der Waals surface area (Å²) in [5.74, 6) is 0. The summed E-state index contributed by atoms with van der Waals surface area (Å²) in [6.07, 6.45) is 0.0483. The molecule has 1 heterocycles. The van der Waals surface area contributed by atoms with E-state index in [-0.39, 0.29) is 0 Å². The van der Waals surface area contributed by atoms with Crippen LogP contribution in [0.15, 0.2) is 22.8 Å². The van der Waals surface area contributed by atoms with Crippen LogP contribution in [0.5, 0.6) is 0 Å². The number of rotatable bonds is 5. The molecule has 1 aromatic rings. The van der Waals surface area contributed by atoms with Crippen molar-refractivity contribution in [3.63, 3.8) is 0 Å². The maximum atomic E-state index is 10.0. The Balaban J connectivity index is 2.34. The van der Waals surface area contributed by atoms with Crippen molar-refractivity contribution in [2.45, 2.75) is 12.5 Å². The number of nitrogens with zero attached hydrogens (tertiary/aromatic N) is 2. The number of thiophene rings is 1. The zero-order valence-corrected chi connectivity index (χ0v) is 8.20. The van der Waals surface area contributed by atoms with E-state index in [1.807, 2.05) is 17.5 Å². The van der Waals surface area contributed by atoms with Gasteiger partial charge in [-0.2, -0.15) is 0 Å². The molecule has 1 atom stereocenters. The number of hydrogen-bond acceptors (Lipinski definition) is 4. The Bertz CT molecular complexity index is 251. The summed E-state index contributed by atoms with van der Waals surface area (Å²) in [6.45, 7) is 0.475. The Morgan fingerprint density at radius 2 is 2.54 bits per heavy atom. The molecule has 1 rings (SSSR count). The van der Waals surface area contributed by atoms with Gasteiger partial charge in [0.1, 0.15) is 0 Å². The molecule has 0 aliphatic heterocycles. The van der Waals surface area contributed by atoms with Crippen molar-refractivity contribution in [1.29, 1.82) is 0 Å². The number of aliphatic hydroxyl groups is 1. The van der Waals surface area contributed by atoms with Crippen LogP contribution < -0.4 is 0 Å². The van der Waals surface area contributed by atoms with Gasteiger partial charge in [-0.1, -0.05) is 6.07 Å². The van der Waals surface area contributed by atoms with Gasteiger partial charge >= 0.3 is 0 Å². The lowest BCUT2D eigenvalue weighted by molar-refractivity contribution is 0.153. The van der Waals surface area contributed by atoms with Gasteiger partial charge in [-0.15, -0.1) is 16.2 Å². The van der Waals surface area contributed by atoms with Crippen molar-refractivity contribution in [3.8, 4) is 0 Å². The molecule has 5 heteroatoms. The van der Waals surface area contributed by atoms with Crippen LogP contribution in [0.4, 0.5) is 0 Å². The zero-order valence-electron chi connectivity index (χ0n) is 7.38. The molecule has 0 radical (unpaired) electrons. The van der Waals surface area contributed by atoms with Gasteiger partial charge in [0, 0.05) is 18.5 Å². The molecule has 0 fully saturated rings. The highest BCUT2D eigenvalue weighted by atomic mass is 32.1. The molecule has 1 aromatic heterocycles. The van der Waals surface area contributed by atoms with Gasteiger partial charge in [-0.05, 0) is 17.9 Å². The minimum atomic E-state index is -0.482. The molecule has 0 aromatic carbocycles. The third kappa shape index (κ3) is 3.12. The zero-order chi connectivity index (χ0) is 9.68. The lowest BCUT2D eigenvalue weighted by Crippen LogP contribution is -2.14.